The molecule has 0 spiro atoms. The summed E-state index contributed by atoms with van der Waals surface area (Å²) in [5.74, 6) is -2.18. The molecule has 3 rings (SSSR count). The highest BCUT2D eigenvalue weighted by Gasteiger charge is 2.30. The number of nitrogens with one attached hydrogen (secondary N) is 1. The number of anilines is 1. The Labute approximate surface area is 165 Å². The van der Waals surface area contributed by atoms with Crippen molar-refractivity contribution in [1.82, 2.24) is 0 Å². The van der Waals surface area contributed by atoms with E-state index in [1.54, 1.807) is 60.7 Å². The first-order valence-corrected chi connectivity index (χ1v) is 9.88. The highest BCUT2D eigenvalue weighted by molar-refractivity contribution is 7.56. The maximum Gasteiger partial charge on any atom is 0.541 e. The molecule has 0 aliphatic carbocycles. The summed E-state index contributed by atoms with van der Waals surface area (Å²) in [6.45, 7) is 0. The zero-order valence-electron chi connectivity index (χ0n) is 14.9. The fraction of sp³-hybridized carbons (Fsp3) is 0. The summed E-state index contributed by atoms with van der Waals surface area (Å²) in [4.78, 5) is 22.6. The van der Waals surface area contributed by atoms with Crippen molar-refractivity contribution in [3.05, 3.63) is 90.0 Å². The molecule has 9 heteroatoms. The summed E-state index contributed by atoms with van der Waals surface area (Å²) in [6.07, 6.45) is 0. The molecule has 0 aliphatic heterocycles. The average Bonchev–Trinajstić information content (AvgIpc) is 2.68. The third kappa shape index (κ3) is 5.37. The molecule has 0 heterocycles. The Hall–Kier alpha value is -3.77. The minimum atomic E-state index is -4.12. The van der Waals surface area contributed by atoms with Crippen molar-refractivity contribution < 1.29 is 33.4 Å². The molecule has 0 saturated carbocycles. The van der Waals surface area contributed by atoms with Crippen LogP contribution in [0.4, 0.5) is 5.69 Å². The summed E-state index contributed by atoms with van der Waals surface area (Å²) in [5.41, 5.74) is -0.630. The second-order valence-corrected chi connectivity index (χ2v) is 7.41. The molecule has 0 aliphatic rings. The van der Waals surface area contributed by atoms with Gasteiger partial charge in [-0.1, -0.05) is 36.4 Å². The number of carboxylic acids is 2. The van der Waals surface area contributed by atoms with E-state index in [4.69, 9.17) is 9.05 Å². The van der Waals surface area contributed by atoms with Gasteiger partial charge in [0.15, 0.2) is 0 Å². The highest BCUT2D eigenvalue weighted by atomic mass is 31.2. The van der Waals surface area contributed by atoms with E-state index in [0.717, 1.165) is 18.2 Å². The molecule has 0 atom stereocenters. The Morgan fingerprint density at radius 1 is 0.724 bits per heavy atom. The molecule has 0 bridgehead atoms. The van der Waals surface area contributed by atoms with E-state index in [1.807, 2.05) is 0 Å². The minimum absolute atomic E-state index is 0.0440. The number of hydrogen-bond donors (Lipinski definition) is 3. The molecular weight excluding hydrogens is 397 g/mol. The normalized spacial score (nSPS) is 10.8. The van der Waals surface area contributed by atoms with Crippen molar-refractivity contribution in [1.29, 1.82) is 0 Å². The number of benzene rings is 3. The lowest BCUT2D eigenvalue weighted by atomic mass is 10.1. The molecule has 29 heavy (non-hydrogen) atoms. The summed E-state index contributed by atoms with van der Waals surface area (Å²) in [7, 11) is -4.12. The van der Waals surface area contributed by atoms with Gasteiger partial charge in [0.25, 0.3) is 0 Å². The Morgan fingerprint density at radius 3 is 1.52 bits per heavy atom. The van der Waals surface area contributed by atoms with Gasteiger partial charge in [0.2, 0.25) is 0 Å². The van der Waals surface area contributed by atoms with Gasteiger partial charge in [-0.2, -0.15) is 0 Å². The van der Waals surface area contributed by atoms with E-state index in [0.29, 0.717) is 0 Å². The van der Waals surface area contributed by atoms with E-state index in [1.165, 1.54) is 0 Å². The Balaban J connectivity index is 1.99. The second kappa shape index (κ2) is 8.50. The molecule has 0 amide bonds. The molecule has 148 valence electrons. The zero-order chi connectivity index (χ0) is 20.9. The quantitative estimate of drug-likeness (QED) is 0.452. The SMILES string of the molecule is O=C(O)c1cc(NP(=O)(Oc2ccccc2)Oc2ccccc2)cc(C(=O)O)c1. The number of carboxylic acid groups (broad SMARTS) is 2. The highest BCUT2D eigenvalue weighted by Crippen LogP contribution is 2.48. The molecule has 0 fully saturated rings. The Morgan fingerprint density at radius 2 is 1.14 bits per heavy atom. The predicted molar refractivity (Wildman–Crippen MR) is 106 cm³/mol. The van der Waals surface area contributed by atoms with Gasteiger partial charge >= 0.3 is 19.7 Å². The number of carbonyl (C=O) groups is 2. The topological polar surface area (TPSA) is 122 Å². The molecule has 0 unspecified atom stereocenters. The van der Waals surface area contributed by atoms with Gasteiger partial charge < -0.3 is 19.3 Å². The van der Waals surface area contributed by atoms with E-state index in [2.05, 4.69) is 5.09 Å². The van der Waals surface area contributed by atoms with Crippen molar-refractivity contribution in [2.75, 3.05) is 5.09 Å². The molecule has 0 aromatic heterocycles. The second-order valence-electron chi connectivity index (χ2n) is 5.83. The van der Waals surface area contributed by atoms with Crippen LogP contribution in [0.2, 0.25) is 0 Å². The summed E-state index contributed by atoms with van der Waals surface area (Å²) in [5, 5.41) is 21.0. The number of para-hydroxylation sites is 2. The first-order chi connectivity index (χ1) is 13.8. The zero-order valence-corrected chi connectivity index (χ0v) is 15.8. The molecule has 3 aromatic carbocycles. The van der Waals surface area contributed by atoms with Gasteiger partial charge in [-0.3, -0.25) is 5.09 Å². The van der Waals surface area contributed by atoms with Crippen LogP contribution < -0.4 is 14.1 Å². The fourth-order valence-electron chi connectivity index (χ4n) is 2.40. The Kier molecular flexibility index (Phi) is 5.85. The molecule has 8 nitrogen and oxygen atoms in total. The van der Waals surface area contributed by atoms with Crippen LogP contribution in [0.3, 0.4) is 0 Å². The van der Waals surface area contributed by atoms with Crippen LogP contribution >= 0.6 is 7.75 Å². The predicted octanol–water partition coefficient (Wildman–Crippen LogP) is 4.76. The van der Waals surface area contributed by atoms with E-state index < -0.39 is 19.7 Å². The monoisotopic (exact) mass is 413 g/mol. The molecule has 3 N–H and O–H groups in total. The standard InChI is InChI=1S/C20H16NO7P/c22-19(23)14-11-15(20(24)25)13-16(12-14)21-29(26,27-17-7-3-1-4-8-17)28-18-9-5-2-6-10-18/h1-13H,(H,21,26)(H,22,23)(H,24,25). The fourth-order valence-corrected chi connectivity index (χ4v) is 3.77. The lowest BCUT2D eigenvalue weighted by molar-refractivity contribution is 0.0696. The lowest BCUT2D eigenvalue weighted by Gasteiger charge is -2.21. The number of aromatic carboxylic acids is 2. The van der Waals surface area contributed by atoms with Crippen molar-refractivity contribution in [2.24, 2.45) is 0 Å². The average molecular weight is 413 g/mol. The molecule has 0 saturated heterocycles. The van der Waals surface area contributed by atoms with Gasteiger partial charge in [-0.15, -0.1) is 0 Å². The smallest absolute Gasteiger partial charge is 0.478 e. The van der Waals surface area contributed by atoms with Gasteiger partial charge in [0.1, 0.15) is 11.5 Å². The van der Waals surface area contributed by atoms with Crippen LogP contribution in [0.25, 0.3) is 0 Å². The van der Waals surface area contributed by atoms with Crippen molar-refractivity contribution >= 4 is 25.4 Å². The van der Waals surface area contributed by atoms with Crippen LogP contribution in [-0.4, -0.2) is 22.2 Å². The van der Waals surface area contributed by atoms with Crippen LogP contribution in [0.5, 0.6) is 11.5 Å². The molecule has 3 aromatic rings. The van der Waals surface area contributed by atoms with Gasteiger partial charge in [-0.05, 0) is 42.5 Å². The van der Waals surface area contributed by atoms with Crippen LogP contribution in [0, 0.1) is 0 Å². The maximum absolute atomic E-state index is 13.4. The minimum Gasteiger partial charge on any atom is -0.478 e. The van der Waals surface area contributed by atoms with Crippen LogP contribution in [-0.2, 0) is 4.57 Å². The summed E-state index contributed by atoms with van der Waals surface area (Å²) < 4.78 is 24.5. The first kappa shape index (κ1) is 20.0. The largest absolute Gasteiger partial charge is 0.541 e. The van der Waals surface area contributed by atoms with E-state index in [9.17, 15) is 24.4 Å². The molecule has 0 radical (unpaired) electrons. The lowest BCUT2D eigenvalue weighted by Crippen LogP contribution is -2.11. The van der Waals surface area contributed by atoms with Gasteiger partial charge in [-0.25, -0.2) is 14.2 Å². The summed E-state index contributed by atoms with van der Waals surface area (Å²) >= 11 is 0. The van der Waals surface area contributed by atoms with Gasteiger partial charge in [0.05, 0.1) is 11.1 Å². The van der Waals surface area contributed by atoms with Crippen molar-refractivity contribution in [3.8, 4) is 11.5 Å². The Bertz CT molecular complexity index is 993. The van der Waals surface area contributed by atoms with Crippen molar-refractivity contribution in [3.63, 3.8) is 0 Å². The van der Waals surface area contributed by atoms with Crippen molar-refractivity contribution in [2.45, 2.75) is 0 Å². The van der Waals surface area contributed by atoms with Gasteiger partial charge in [0, 0.05) is 5.69 Å². The first-order valence-electron chi connectivity index (χ1n) is 8.34. The molecular formula is C20H16NO7P. The number of rotatable bonds is 8. The third-order valence-electron chi connectivity index (χ3n) is 3.63. The van der Waals surface area contributed by atoms with Crippen LogP contribution in [0.1, 0.15) is 20.7 Å². The van der Waals surface area contributed by atoms with E-state index >= 15 is 0 Å². The van der Waals surface area contributed by atoms with Crippen LogP contribution in [0.15, 0.2) is 78.9 Å². The summed E-state index contributed by atoms with van der Waals surface area (Å²) in [6, 6.07) is 19.8. The third-order valence-corrected chi connectivity index (χ3v) is 5.06. The van der Waals surface area contributed by atoms with E-state index in [-0.39, 0.29) is 28.3 Å². The number of hydrogen-bond acceptors (Lipinski definition) is 5. The maximum atomic E-state index is 13.4.